The molecule has 0 bridgehead atoms. The maximum atomic E-state index is 15.9. The zero-order valence-electron chi connectivity index (χ0n) is 26.6. The average molecular weight is 656 g/mol. The number of aromatic nitrogens is 1. The SMILES string of the molecule is COc1ccc(CC(=O)N2CC=C(c3cc(NC(=O)c4c[nH]c(=O)cc4C(F)(F)F)c(N4CC(C)N(C)C(C)C4)cc3F)CC2)cc1. The lowest BCUT2D eigenvalue weighted by Gasteiger charge is -2.44. The number of piperazine rings is 1. The van der Waals surface area contributed by atoms with Gasteiger partial charge in [0.2, 0.25) is 11.5 Å². The Hall–Kier alpha value is -4.65. The smallest absolute Gasteiger partial charge is 0.417 e. The third-order valence-electron chi connectivity index (χ3n) is 8.93. The van der Waals surface area contributed by atoms with Crippen molar-refractivity contribution in [3.05, 3.63) is 93.2 Å². The minimum atomic E-state index is -4.95. The average Bonchev–Trinajstić information content (AvgIpc) is 3.04. The molecule has 2 aromatic carbocycles. The second-order valence-corrected chi connectivity index (χ2v) is 12.0. The molecule has 2 aliphatic rings. The molecule has 1 fully saturated rings. The van der Waals surface area contributed by atoms with Crippen molar-refractivity contribution >= 4 is 28.8 Å². The third kappa shape index (κ3) is 7.51. The van der Waals surface area contributed by atoms with Gasteiger partial charge in [0.25, 0.3) is 5.91 Å². The van der Waals surface area contributed by atoms with Crippen LogP contribution in [-0.2, 0) is 17.4 Å². The van der Waals surface area contributed by atoms with E-state index in [-0.39, 0.29) is 42.2 Å². The number of pyridine rings is 1. The second-order valence-electron chi connectivity index (χ2n) is 12.0. The Balaban J connectivity index is 1.45. The number of ether oxygens (including phenoxy) is 1. The molecule has 0 aliphatic carbocycles. The molecule has 2 aliphatic heterocycles. The molecule has 13 heteroatoms. The molecule has 0 saturated carbocycles. The number of amides is 2. The van der Waals surface area contributed by atoms with E-state index in [1.54, 1.807) is 30.2 Å². The number of alkyl halides is 3. The minimum absolute atomic E-state index is 0.0727. The topological polar surface area (TPSA) is 98.0 Å². The first-order chi connectivity index (χ1) is 22.2. The number of halogens is 4. The quantitative estimate of drug-likeness (QED) is 0.341. The van der Waals surface area contributed by atoms with E-state index in [1.807, 2.05) is 37.9 Å². The zero-order valence-corrected chi connectivity index (χ0v) is 26.6. The fraction of sp³-hybridized carbons (Fsp3) is 0.382. The molecule has 2 amide bonds. The van der Waals surface area contributed by atoms with Crippen LogP contribution in [0.15, 0.2) is 59.5 Å². The van der Waals surface area contributed by atoms with Crippen LogP contribution in [0.5, 0.6) is 5.75 Å². The van der Waals surface area contributed by atoms with E-state index in [1.165, 1.54) is 12.1 Å². The van der Waals surface area contributed by atoms with E-state index in [0.29, 0.717) is 49.1 Å². The lowest BCUT2D eigenvalue weighted by molar-refractivity contribution is -0.138. The van der Waals surface area contributed by atoms with Gasteiger partial charge in [0.05, 0.1) is 36.0 Å². The van der Waals surface area contributed by atoms with Crippen molar-refractivity contribution in [1.29, 1.82) is 0 Å². The molecule has 2 atom stereocenters. The predicted octanol–water partition coefficient (Wildman–Crippen LogP) is 5.18. The largest absolute Gasteiger partial charge is 0.497 e. The fourth-order valence-electron chi connectivity index (χ4n) is 6.03. The highest BCUT2D eigenvalue weighted by atomic mass is 19.4. The summed E-state index contributed by atoms with van der Waals surface area (Å²) in [6.07, 6.45) is -1.95. The van der Waals surface area contributed by atoms with Crippen molar-refractivity contribution in [2.45, 2.75) is 44.9 Å². The third-order valence-corrected chi connectivity index (χ3v) is 8.93. The van der Waals surface area contributed by atoms with Gasteiger partial charge in [-0.25, -0.2) is 4.39 Å². The summed E-state index contributed by atoms with van der Waals surface area (Å²) in [5.41, 5.74) is -1.06. The van der Waals surface area contributed by atoms with Crippen LogP contribution in [0, 0.1) is 5.82 Å². The lowest BCUT2D eigenvalue weighted by atomic mass is 9.96. The van der Waals surface area contributed by atoms with Crippen molar-refractivity contribution in [2.75, 3.05) is 50.6 Å². The van der Waals surface area contributed by atoms with Gasteiger partial charge in [0.15, 0.2) is 0 Å². The Morgan fingerprint density at radius 3 is 2.34 bits per heavy atom. The Morgan fingerprint density at radius 1 is 1.06 bits per heavy atom. The van der Waals surface area contributed by atoms with Crippen LogP contribution >= 0.6 is 0 Å². The minimum Gasteiger partial charge on any atom is -0.497 e. The number of hydrogen-bond donors (Lipinski definition) is 2. The molecule has 0 spiro atoms. The van der Waals surface area contributed by atoms with Gasteiger partial charge in [-0.15, -0.1) is 0 Å². The van der Waals surface area contributed by atoms with E-state index >= 15 is 4.39 Å². The van der Waals surface area contributed by atoms with E-state index in [0.717, 1.165) is 11.8 Å². The first-order valence-corrected chi connectivity index (χ1v) is 15.3. The maximum absolute atomic E-state index is 15.9. The number of nitrogens with zero attached hydrogens (tertiary/aromatic N) is 3. The summed E-state index contributed by atoms with van der Waals surface area (Å²) in [4.78, 5) is 45.9. The van der Waals surface area contributed by atoms with Crippen LogP contribution < -0.4 is 20.5 Å². The molecule has 5 rings (SSSR count). The summed E-state index contributed by atoms with van der Waals surface area (Å²) in [5.74, 6) is -1.06. The molecule has 3 aromatic rings. The van der Waals surface area contributed by atoms with Crippen molar-refractivity contribution in [2.24, 2.45) is 0 Å². The first-order valence-electron chi connectivity index (χ1n) is 15.3. The molecule has 1 saturated heterocycles. The number of H-pyrrole nitrogens is 1. The number of nitrogens with one attached hydrogen (secondary N) is 2. The number of hydrogen-bond acceptors (Lipinski definition) is 6. The number of anilines is 2. The van der Waals surface area contributed by atoms with Gasteiger partial charge in [-0.1, -0.05) is 18.2 Å². The summed E-state index contributed by atoms with van der Waals surface area (Å²) in [7, 11) is 3.54. The van der Waals surface area contributed by atoms with E-state index in [2.05, 4.69) is 15.2 Å². The lowest BCUT2D eigenvalue weighted by Crippen LogP contribution is -2.55. The van der Waals surface area contributed by atoms with Gasteiger partial charge in [0.1, 0.15) is 11.6 Å². The molecular weight excluding hydrogens is 618 g/mol. The van der Waals surface area contributed by atoms with Gasteiger partial charge < -0.3 is 24.8 Å². The normalized spacial score (nSPS) is 18.9. The number of carbonyl (C=O) groups excluding carboxylic acids is 2. The van der Waals surface area contributed by atoms with Crippen LogP contribution in [0.1, 0.15) is 47.3 Å². The van der Waals surface area contributed by atoms with Crippen LogP contribution in [0.25, 0.3) is 5.57 Å². The maximum Gasteiger partial charge on any atom is 0.417 e. The van der Waals surface area contributed by atoms with Crippen LogP contribution in [0.4, 0.5) is 28.9 Å². The molecule has 0 radical (unpaired) electrons. The van der Waals surface area contributed by atoms with Crippen molar-refractivity contribution in [1.82, 2.24) is 14.8 Å². The summed E-state index contributed by atoms with van der Waals surface area (Å²) in [5, 5.41) is 2.58. The highest BCUT2D eigenvalue weighted by molar-refractivity contribution is 6.07. The number of likely N-dealkylation sites (N-methyl/N-ethyl adjacent to an activating group) is 1. The molecule has 47 heavy (non-hydrogen) atoms. The van der Waals surface area contributed by atoms with Gasteiger partial charge in [0, 0.05) is 56.1 Å². The number of aromatic amines is 1. The zero-order chi connectivity index (χ0) is 34.0. The van der Waals surface area contributed by atoms with Gasteiger partial charge in [-0.3, -0.25) is 19.3 Å². The molecule has 9 nitrogen and oxygen atoms in total. The highest BCUT2D eigenvalue weighted by Gasteiger charge is 2.36. The van der Waals surface area contributed by atoms with Crippen molar-refractivity contribution < 1.29 is 31.9 Å². The van der Waals surface area contributed by atoms with Crippen molar-refractivity contribution in [3.8, 4) is 5.75 Å². The summed E-state index contributed by atoms with van der Waals surface area (Å²) in [6, 6.07) is 10.4. The Bertz CT molecular complexity index is 1730. The molecule has 2 unspecified atom stereocenters. The standard InChI is InChI=1S/C34H37F4N5O4/c1-20-18-43(19-21(2)41(20)3)30-16-28(35)25(14-29(30)40-33(46)26-17-39-31(44)15-27(26)34(36,37)38)23-9-11-42(12-10-23)32(45)13-22-5-7-24(47-4)8-6-22/h5-9,14-17,20-21H,10-13,18-19H2,1-4H3,(H,39,44)(H,40,46). The van der Waals surface area contributed by atoms with Gasteiger partial charge in [-0.05, 0) is 62.7 Å². The van der Waals surface area contributed by atoms with Gasteiger partial charge in [-0.2, -0.15) is 13.2 Å². The number of rotatable bonds is 7. The second kappa shape index (κ2) is 13.6. The van der Waals surface area contributed by atoms with Crippen molar-refractivity contribution in [3.63, 3.8) is 0 Å². The van der Waals surface area contributed by atoms with E-state index in [4.69, 9.17) is 4.74 Å². The molecule has 250 valence electrons. The molecule has 2 N–H and O–H groups in total. The Kier molecular flexibility index (Phi) is 9.76. The van der Waals surface area contributed by atoms with Gasteiger partial charge >= 0.3 is 6.18 Å². The van der Waals surface area contributed by atoms with Crippen LogP contribution in [0.2, 0.25) is 0 Å². The Labute approximate surface area is 269 Å². The molecule has 1 aromatic heterocycles. The summed E-state index contributed by atoms with van der Waals surface area (Å²) >= 11 is 0. The number of carbonyl (C=O) groups is 2. The monoisotopic (exact) mass is 655 g/mol. The number of benzene rings is 2. The van der Waals surface area contributed by atoms with E-state index in [9.17, 15) is 27.6 Å². The fourth-order valence-corrected chi connectivity index (χ4v) is 6.03. The highest BCUT2D eigenvalue weighted by Crippen LogP contribution is 2.37. The predicted molar refractivity (Wildman–Crippen MR) is 171 cm³/mol. The van der Waals surface area contributed by atoms with Crippen LogP contribution in [0.3, 0.4) is 0 Å². The summed E-state index contributed by atoms with van der Waals surface area (Å²) < 4.78 is 62.4. The first kappa shape index (κ1) is 33.7. The summed E-state index contributed by atoms with van der Waals surface area (Å²) in [6.45, 7) is 5.58. The van der Waals surface area contributed by atoms with Crippen LogP contribution in [-0.4, -0.2) is 79.0 Å². The number of methoxy groups -OCH3 is 1. The molecule has 3 heterocycles. The molecular formula is C34H37F4N5O4. The van der Waals surface area contributed by atoms with E-state index < -0.39 is 34.6 Å². The Morgan fingerprint density at radius 2 is 1.74 bits per heavy atom.